The Hall–Kier alpha value is -1.72. The number of nitrogens with zero attached hydrogens (tertiary/aromatic N) is 1. The van der Waals surface area contributed by atoms with Crippen LogP contribution in [0, 0.1) is 5.92 Å². The molecule has 3 aliphatic rings. The topological polar surface area (TPSA) is 36.5 Å². The molecule has 0 amide bonds. The molecule has 2 aromatic carbocycles. The van der Waals surface area contributed by atoms with Gasteiger partial charge in [0.25, 0.3) is 0 Å². The fourth-order valence-electron chi connectivity index (χ4n) is 5.41. The maximum absolute atomic E-state index is 5.91. The Balaban J connectivity index is 1.39. The third-order valence-corrected chi connectivity index (χ3v) is 6.80. The summed E-state index contributed by atoms with van der Waals surface area (Å²) in [5.74, 6) is 0.952. The molecule has 28 heavy (non-hydrogen) atoms. The van der Waals surface area contributed by atoms with Crippen LogP contribution in [0.4, 0.5) is 0 Å². The monoisotopic (exact) mass is 377 g/mol. The van der Waals surface area contributed by atoms with Crippen molar-refractivity contribution in [1.29, 1.82) is 0 Å². The van der Waals surface area contributed by atoms with E-state index in [1.165, 1.54) is 36.9 Å². The van der Waals surface area contributed by atoms with Gasteiger partial charge in [0.1, 0.15) is 0 Å². The molecule has 5 rings (SSSR count). The average Bonchev–Trinajstić information content (AvgIpc) is 3.40. The molecule has 3 heterocycles. The van der Waals surface area contributed by atoms with E-state index in [2.05, 4.69) is 76.4 Å². The Morgan fingerprint density at radius 3 is 2.29 bits per heavy atom. The number of hydrogen-bond donors (Lipinski definition) is 2. The fraction of sp³-hybridized carbons (Fsp3) is 0.500. The third kappa shape index (κ3) is 3.74. The molecule has 4 atom stereocenters. The second kappa shape index (κ2) is 8.34. The van der Waals surface area contributed by atoms with E-state index in [9.17, 15) is 0 Å². The smallest absolute Gasteiger partial charge is 0.0702 e. The molecular formula is C24H31N3O. The van der Waals surface area contributed by atoms with Gasteiger partial charge >= 0.3 is 0 Å². The van der Waals surface area contributed by atoms with Gasteiger partial charge in [-0.2, -0.15) is 0 Å². The fourth-order valence-corrected chi connectivity index (χ4v) is 5.41. The van der Waals surface area contributed by atoms with E-state index >= 15 is 0 Å². The summed E-state index contributed by atoms with van der Waals surface area (Å²) in [6, 6.07) is 22.9. The molecule has 3 saturated heterocycles. The van der Waals surface area contributed by atoms with Crippen LogP contribution in [-0.4, -0.2) is 49.3 Å². The van der Waals surface area contributed by atoms with Crippen molar-refractivity contribution in [3.63, 3.8) is 0 Å². The Kier molecular flexibility index (Phi) is 5.45. The Labute approximate surface area is 168 Å². The minimum atomic E-state index is 0.354. The summed E-state index contributed by atoms with van der Waals surface area (Å²) in [6.07, 6.45) is 4.09. The largest absolute Gasteiger partial charge is 0.377 e. The number of nitrogens with one attached hydrogen (secondary N) is 2. The molecule has 0 saturated carbocycles. The van der Waals surface area contributed by atoms with Crippen LogP contribution in [0.2, 0.25) is 0 Å². The Morgan fingerprint density at radius 2 is 1.64 bits per heavy atom. The molecule has 4 unspecified atom stereocenters. The highest BCUT2D eigenvalue weighted by atomic mass is 16.5. The SMILES string of the molecule is c1ccc(C(c2ccccc2)C2NNC3CCN(CC4CCCO4)CC32)cc1. The van der Waals surface area contributed by atoms with Gasteiger partial charge in [-0.25, -0.2) is 0 Å². The lowest BCUT2D eigenvalue weighted by molar-refractivity contribution is 0.0521. The van der Waals surface area contributed by atoms with E-state index in [4.69, 9.17) is 4.74 Å². The number of fused-ring (bicyclic) bond motifs is 1. The number of benzene rings is 2. The van der Waals surface area contributed by atoms with Gasteiger partial charge in [0.05, 0.1) is 6.10 Å². The number of ether oxygens (including phenoxy) is 1. The zero-order chi connectivity index (χ0) is 18.8. The summed E-state index contributed by atoms with van der Waals surface area (Å²) in [5.41, 5.74) is 10.1. The third-order valence-electron chi connectivity index (χ3n) is 6.80. The van der Waals surface area contributed by atoms with Gasteiger partial charge in [-0.05, 0) is 36.9 Å². The average molecular weight is 378 g/mol. The number of piperidine rings is 1. The molecule has 148 valence electrons. The van der Waals surface area contributed by atoms with Crippen molar-refractivity contribution in [2.75, 3.05) is 26.2 Å². The quantitative estimate of drug-likeness (QED) is 0.839. The Morgan fingerprint density at radius 1 is 0.929 bits per heavy atom. The second-order valence-corrected chi connectivity index (χ2v) is 8.57. The molecule has 0 bridgehead atoms. The molecule has 0 radical (unpaired) electrons. The molecule has 0 aliphatic carbocycles. The molecule has 3 fully saturated rings. The summed E-state index contributed by atoms with van der Waals surface area (Å²) < 4.78 is 5.91. The van der Waals surface area contributed by atoms with Gasteiger partial charge in [-0.15, -0.1) is 0 Å². The van der Waals surface area contributed by atoms with Crippen LogP contribution in [0.1, 0.15) is 36.3 Å². The molecule has 3 aliphatic heterocycles. The lowest BCUT2D eigenvalue weighted by atomic mass is 9.76. The van der Waals surface area contributed by atoms with Crippen molar-refractivity contribution in [2.45, 2.75) is 43.4 Å². The van der Waals surface area contributed by atoms with Crippen molar-refractivity contribution in [2.24, 2.45) is 5.92 Å². The maximum Gasteiger partial charge on any atom is 0.0702 e. The van der Waals surface area contributed by atoms with E-state index in [-0.39, 0.29) is 0 Å². The lowest BCUT2D eigenvalue weighted by Crippen LogP contribution is -2.49. The van der Waals surface area contributed by atoms with E-state index in [1.54, 1.807) is 0 Å². The first-order valence-electron chi connectivity index (χ1n) is 10.8. The molecule has 2 aromatic rings. The molecule has 0 aromatic heterocycles. The van der Waals surface area contributed by atoms with E-state index in [0.717, 1.165) is 19.7 Å². The van der Waals surface area contributed by atoms with Crippen molar-refractivity contribution >= 4 is 0 Å². The molecule has 4 nitrogen and oxygen atoms in total. The first kappa shape index (κ1) is 18.3. The first-order chi connectivity index (χ1) is 13.9. The van der Waals surface area contributed by atoms with Gasteiger partial charge in [-0.1, -0.05) is 60.7 Å². The van der Waals surface area contributed by atoms with Crippen molar-refractivity contribution in [3.8, 4) is 0 Å². The number of likely N-dealkylation sites (tertiary alicyclic amines) is 1. The number of hydrazine groups is 1. The lowest BCUT2D eigenvalue weighted by Gasteiger charge is -2.39. The summed E-state index contributed by atoms with van der Waals surface area (Å²) in [4.78, 5) is 2.64. The summed E-state index contributed by atoms with van der Waals surface area (Å²) in [7, 11) is 0. The normalized spacial score (nSPS) is 30.6. The zero-order valence-corrected chi connectivity index (χ0v) is 16.5. The highest BCUT2D eigenvalue weighted by molar-refractivity contribution is 5.35. The van der Waals surface area contributed by atoms with Gasteiger partial charge in [0.2, 0.25) is 0 Å². The van der Waals surface area contributed by atoms with Crippen LogP contribution in [0.3, 0.4) is 0 Å². The van der Waals surface area contributed by atoms with E-state index in [1.807, 2.05) is 0 Å². The van der Waals surface area contributed by atoms with Gasteiger partial charge < -0.3 is 9.64 Å². The second-order valence-electron chi connectivity index (χ2n) is 8.57. The molecule has 4 heteroatoms. The van der Waals surface area contributed by atoms with Crippen molar-refractivity contribution in [1.82, 2.24) is 15.8 Å². The first-order valence-corrected chi connectivity index (χ1v) is 10.8. The standard InChI is InChI=1S/C24H31N3O/c1-3-8-18(9-4-1)23(19-10-5-2-6-11-19)24-21-17-27(14-13-22(21)25-26-24)16-20-12-7-15-28-20/h1-6,8-11,20-26H,7,12-17H2. The van der Waals surface area contributed by atoms with Gasteiger partial charge in [0, 0.05) is 43.6 Å². The number of hydrogen-bond acceptors (Lipinski definition) is 4. The van der Waals surface area contributed by atoms with Crippen LogP contribution in [-0.2, 0) is 4.74 Å². The summed E-state index contributed by atoms with van der Waals surface area (Å²) in [6.45, 7) is 4.35. The van der Waals surface area contributed by atoms with E-state index in [0.29, 0.717) is 30.0 Å². The van der Waals surface area contributed by atoms with Crippen LogP contribution in [0.15, 0.2) is 60.7 Å². The van der Waals surface area contributed by atoms with E-state index < -0.39 is 0 Å². The summed E-state index contributed by atoms with van der Waals surface area (Å²) in [5, 5.41) is 0. The molecule has 2 N–H and O–H groups in total. The maximum atomic E-state index is 5.91. The highest BCUT2D eigenvalue weighted by Gasteiger charge is 2.44. The van der Waals surface area contributed by atoms with Crippen LogP contribution < -0.4 is 10.9 Å². The van der Waals surface area contributed by atoms with Gasteiger partial charge in [-0.3, -0.25) is 10.9 Å². The van der Waals surface area contributed by atoms with Crippen molar-refractivity contribution in [3.05, 3.63) is 71.8 Å². The molecular weight excluding hydrogens is 346 g/mol. The highest BCUT2D eigenvalue weighted by Crippen LogP contribution is 2.37. The predicted molar refractivity (Wildman–Crippen MR) is 112 cm³/mol. The summed E-state index contributed by atoms with van der Waals surface area (Å²) >= 11 is 0. The Bertz CT molecular complexity index is 707. The van der Waals surface area contributed by atoms with Crippen molar-refractivity contribution < 1.29 is 4.74 Å². The zero-order valence-electron chi connectivity index (χ0n) is 16.5. The minimum absolute atomic E-state index is 0.354. The number of rotatable bonds is 5. The van der Waals surface area contributed by atoms with Crippen LogP contribution in [0.5, 0.6) is 0 Å². The molecule has 0 spiro atoms. The van der Waals surface area contributed by atoms with Crippen LogP contribution >= 0.6 is 0 Å². The predicted octanol–water partition coefficient (Wildman–Crippen LogP) is 3.16. The minimum Gasteiger partial charge on any atom is -0.377 e. The van der Waals surface area contributed by atoms with Gasteiger partial charge in [0.15, 0.2) is 0 Å². The van der Waals surface area contributed by atoms with Crippen LogP contribution in [0.25, 0.3) is 0 Å².